The Kier molecular flexibility index (Phi) is 7.06. The first-order valence-corrected chi connectivity index (χ1v) is 12.5. The number of halogens is 9. The molecule has 16 heteroatoms. The molecule has 1 aliphatic heterocycles. The highest BCUT2D eigenvalue weighted by atomic mass is 35.5. The van der Waals surface area contributed by atoms with Crippen LogP contribution in [0.2, 0.25) is 5.02 Å². The van der Waals surface area contributed by atoms with Crippen LogP contribution in [0.3, 0.4) is 0 Å². The fourth-order valence-corrected chi connectivity index (χ4v) is 6.07. The van der Waals surface area contributed by atoms with Crippen LogP contribution in [0.4, 0.5) is 40.8 Å². The van der Waals surface area contributed by atoms with Gasteiger partial charge in [-0.15, -0.1) is 0 Å². The lowest BCUT2D eigenvalue weighted by Crippen LogP contribution is -2.52. The maximum absolute atomic E-state index is 14.1. The summed E-state index contributed by atoms with van der Waals surface area (Å²) in [6.07, 6.45) is -13.0. The Morgan fingerprint density at radius 1 is 0.947 bits per heavy atom. The van der Waals surface area contributed by atoms with Crippen molar-refractivity contribution >= 4 is 44.1 Å². The third-order valence-electron chi connectivity index (χ3n) is 5.96. The number of carbonyl (C=O) groups excluding carboxylic acids is 1. The van der Waals surface area contributed by atoms with Crippen LogP contribution in [0.15, 0.2) is 47.5 Å². The minimum atomic E-state index is -5.10. The molecule has 1 amide bonds. The van der Waals surface area contributed by atoms with Crippen LogP contribution in [-0.2, 0) is 21.0 Å². The van der Waals surface area contributed by atoms with E-state index in [1.165, 1.54) is 11.0 Å². The number of alkyl halides is 8. The van der Waals surface area contributed by atoms with Crippen molar-refractivity contribution in [2.75, 3.05) is 31.1 Å². The molecule has 38 heavy (non-hydrogen) atoms. The smallest absolute Gasteiger partial charge is 0.367 e. The van der Waals surface area contributed by atoms with Gasteiger partial charge in [-0.3, -0.25) is 4.79 Å². The van der Waals surface area contributed by atoms with Gasteiger partial charge >= 0.3 is 18.3 Å². The molecule has 3 aromatic rings. The molecule has 0 bridgehead atoms. The number of fused-ring (bicyclic) bond motifs is 1. The number of nitrogens with zero attached hydrogens (tertiary/aromatic N) is 3. The number of amides is 1. The molecule has 1 fully saturated rings. The van der Waals surface area contributed by atoms with Crippen molar-refractivity contribution in [3.8, 4) is 0 Å². The minimum Gasteiger partial charge on any atom is -0.367 e. The molecule has 0 aliphatic carbocycles. The monoisotopic (exact) mass is 589 g/mol. The second kappa shape index (κ2) is 9.59. The van der Waals surface area contributed by atoms with E-state index in [0.29, 0.717) is 23.2 Å². The molecule has 0 unspecified atom stereocenters. The Morgan fingerprint density at radius 3 is 2.11 bits per heavy atom. The third kappa shape index (κ3) is 5.00. The predicted molar refractivity (Wildman–Crippen MR) is 121 cm³/mol. The van der Waals surface area contributed by atoms with Crippen molar-refractivity contribution in [2.24, 2.45) is 0 Å². The molecule has 0 spiro atoms. The van der Waals surface area contributed by atoms with Crippen LogP contribution in [0.5, 0.6) is 0 Å². The largest absolute Gasteiger partial charge is 0.471 e. The van der Waals surface area contributed by atoms with E-state index < -0.39 is 69.3 Å². The zero-order chi connectivity index (χ0) is 28.2. The summed E-state index contributed by atoms with van der Waals surface area (Å²) in [7, 11) is -5.08. The Morgan fingerprint density at radius 2 is 1.55 bits per heavy atom. The van der Waals surface area contributed by atoms with Gasteiger partial charge < -0.3 is 9.80 Å². The number of hydrogen-bond donors (Lipinski definition) is 0. The summed E-state index contributed by atoms with van der Waals surface area (Å²) < 4.78 is 134. The van der Waals surface area contributed by atoms with Crippen LogP contribution in [-0.4, -0.2) is 55.6 Å². The van der Waals surface area contributed by atoms with Crippen LogP contribution in [0.25, 0.3) is 10.9 Å². The normalized spacial score (nSPS) is 15.5. The van der Waals surface area contributed by atoms with E-state index in [1.807, 2.05) is 0 Å². The molecule has 206 valence electrons. The van der Waals surface area contributed by atoms with Gasteiger partial charge in [0.15, 0.2) is 0 Å². The van der Waals surface area contributed by atoms with Gasteiger partial charge in [0.1, 0.15) is 4.90 Å². The van der Waals surface area contributed by atoms with E-state index >= 15 is 0 Å². The highest BCUT2D eigenvalue weighted by Crippen LogP contribution is 2.42. The molecule has 0 radical (unpaired) electrons. The highest BCUT2D eigenvalue weighted by Gasteiger charge is 2.43. The van der Waals surface area contributed by atoms with E-state index in [0.717, 1.165) is 18.2 Å². The zero-order valence-electron chi connectivity index (χ0n) is 18.8. The summed E-state index contributed by atoms with van der Waals surface area (Å²) in [6, 6.07) is 5.42. The molecule has 2 aromatic carbocycles. The first-order valence-electron chi connectivity index (χ1n) is 10.7. The quantitative estimate of drug-likeness (QED) is 0.367. The maximum atomic E-state index is 14.1. The summed E-state index contributed by atoms with van der Waals surface area (Å²) in [5.74, 6) is -2.07. The van der Waals surface area contributed by atoms with Gasteiger partial charge in [0.2, 0.25) is 0 Å². The van der Waals surface area contributed by atoms with E-state index in [1.54, 1.807) is 0 Å². The van der Waals surface area contributed by atoms with Gasteiger partial charge in [-0.05, 0) is 24.3 Å². The average molecular weight is 590 g/mol. The summed E-state index contributed by atoms with van der Waals surface area (Å²) in [6.45, 7) is -1.33. The Labute approximate surface area is 215 Å². The predicted octanol–water partition coefficient (Wildman–Crippen LogP) is 5.70. The number of hydrogen-bond acceptors (Lipinski definition) is 4. The lowest BCUT2D eigenvalue weighted by molar-refractivity contribution is -0.185. The standard InChI is InChI=1S/C22H16ClF8N3O3S/c23-12-9-15(32-5-7-33(8-6-32)20(35)22(29,30)31)18-13(19(24)25)11-34(16(18)10-12)38(36,37)17-4-2-1-3-14(17)21(26,27)28/h1-4,9-11,19H,5-8H2. The topological polar surface area (TPSA) is 62.6 Å². The van der Waals surface area contributed by atoms with E-state index in [-0.39, 0.29) is 33.2 Å². The Balaban J connectivity index is 1.86. The minimum absolute atomic E-state index is 0.0695. The van der Waals surface area contributed by atoms with Gasteiger partial charge in [0, 0.05) is 54.0 Å². The number of carbonyl (C=O) groups is 1. The number of anilines is 1. The maximum Gasteiger partial charge on any atom is 0.471 e. The summed E-state index contributed by atoms with van der Waals surface area (Å²) in [5, 5.41) is -0.520. The molecule has 2 heterocycles. The second-order valence-corrected chi connectivity index (χ2v) is 10.5. The van der Waals surface area contributed by atoms with Gasteiger partial charge in [-0.1, -0.05) is 23.7 Å². The average Bonchev–Trinajstić information content (AvgIpc) is 3.22. The van der Waals surface area contributed by atoms with Crippen molar-refractivity contribution < 1.29 is 48.3 Å². The lowest BCUT2D eigenvalue weighted by Gasteiger charge is -2.36. The summed E-state index contributed by atoms with van der Waals surface area (Å²) in [4.78, 5) is 12.2. The molecule has 1 aliphatic rings. The zero-order valence-corrected chi connectivity index (χ0v) is 20.4. The Bertz CT molecular complexity index is 1490. The van der Waals surface area contributed by atoms with Crippen molar-refractivity contribution in [3.05, 3.63) is 58.7 Å². The first kappa shape index (κ1) is 28.0. The van der Waals surface area contributed by atoms with E-state index in [4.69, 9.17) is 11.6 Å². The van der Waals surface area contributed by atoms with Crippen LogP contribution in [0, 0.1) is 0 Å². The van der Waals surface area contributed by atoms with Crippen molar-refractivity contribution in [2.45, 2.75) is 23.7 Å². The SMILES string of the molecule is O=C(N1CCN(c2cc(Cl)cc3c2c(C(F)F)cn3S(=O)(=O)c2ccccc2C(F)(F)F)CC1)C(F)(F)F. The number of piperazine rings is 1. The van der Waals surface area contributed by atoms with Gasteiger partial charge in [0.05, 0.1) is 11.1 Å². The van der Waals surface area contributed by atoms with Crippen LogP contribution in [0.1, 0.15) is 17.6 Å². The third-order valence-corrected chi connectivity index (χ3v) is 7.91. The fraction of sp³-hybridized carbons (Fsp3) is 0.318. The number of benzene rings is 2. The van der Waals surface area contributed by atoms with Crippen LogP contribution >= 0.6 is 11.6 Å². The molecule has 1 saturated heterocycles. The van der Waals surface area contributed by atoms with Gasteiger partial charge in [-0.25, -0.2) is 21.2 Å². The fourth-order valence-electron chi connectivity index (χ4n) is 4.28. The Hall–Kier alpha value is -3.07. The van der Waals surface area contributed by atoms with E-state index in [2.05, 4.69) is 0 Å². The molecule has 0 atom stereocenters. The summed E-state index contributed by atoms with van der Waals surface area (Å²) in [5.41, 5.74) is -2.87. The van der Waals surface area contributed by atoms with Gasteiger partial charge in [-0.2, -0.15) is 26.3 Å². The van der Waals surface area contributed by atoms with Crippen molar-refractivity contribution in [1.82, 2.24) is 8.87 Å². The van der Waals surface area contributed by atoms with Crippen molar-refractivity contribution in [3.63, 3.8) is 0 Å². The first-order chi connectivity index (χ1) is 17.5. The molecule has 6 nitrogen and oxygen atoms in total. The van der Waals surface area contributed by atoms with E-state index in [9.17, 15) is 48.3 Å². The number of rotatable bonds is 4. The highest BCUT2D eigenvalue weighted by molar-refractivity contribution is 7.90. The molecule has 4 rings (SSSR count). The van der Waals surface area contributed by atoms with Crippen molar-refractivity contribution in [1.29, 1.82) is 0 Å². The molecular formula is C22H16ClF8N3O3S. The molecule has 0 saturated carbocycles. The molecular weight excluding hydrogens is 574 g/mol. The molecule has 1 aromatic heterocycles. The van der Waals surface area contributed by atoms with Crippen LogP contribution < -0.4 is 4.90 Å². The molecule has 0 N–H and O–H groups in total. The number of aromatic nitrogens is 1. The second-order valence-electron chi connectivity index (χ2n) is 8.28. The lowest BCUT2D eigenvalue weighted by atomic mass is 10.1. The van der Waals surface area contributed by atoms with Gasteiger partial charge in [0.25, 0.3) is 16.4 Å². The summed E-state index contributed by atoms with van der Waals surface area (Å²) >= 11 is 6.13.